The van der Waals surface area contributed by atoms with Crippen molar-refractivity contribution < 1.29 is 9.18 Å². The Morgan fingerprint density at radius 1 is 1.42 bits per heavy atom. The number of carbonyl (C=O) groups is 1. The van der Waals surface area contributed by atoms with Gasteiger partial charge in [-0.1, -0.05) is 12.1 Å². The molecule has 1 saturated heterocycles. The van der Waals surface area contributed by atoms with Gasteiger partial charge in [0.1, 0.15) is 5.82 Å². The van der Waals surface area contributed by atoms with Gasteiger partial charge in [0.25, 0.3) is 0 Å². The largest absolute Gasteiger partial charge is 0.332 e. The van der Waals surface area contributed by atoms with Gasteiger partial charge < -0.3 is 10.2 Å². The summed E-state index contributed by atoms with van der Waals surface area (Å²) in [6.45, 7) is 11.7. The molecule has 1 N–H and O–H groups in total. The number of nitrogens with one attached hydrogen (secondary N) is 1. The van der Waals surface area contributed by atoms with Crippen molar-refractivity contribution in [3.05, 3.63) is 35.6 Å². The van der Waals surface area contributed by atoms with Crippen LogP contribution in [-0.4, -0.2) is 53.5 Å². The van der Waals surface area contributed by atoms with Crippen molar-refractivity contribution >= 4 is 18.3 Å². The molecule has 0 aromatic heterocycles. The van der Waals surface area contributed by atoms with Crippen LogP contribution in [-0.2, 0) is 11.3 Å². The maximum absolute atomic E-state index is 13.4. The van der Waals surface area contributed by atoms with Gasteiger partial charge in [-0.25, -0.2) is 4.39 Å². The number of piperazine rings is 1. The summed E-state index contributed by atoms with van der Waals surface area (Å²) in [6, 6.07) is 6.83. The average Bonchev–Trinajstić information content (AvgIpc) is 2.46. The van der Waals surface area contributed by atoms with Crippen LogP contribution in [0.2, 0.25) is 0 Å². The lowest BCUT2D eigenvalue weighted by Crippen LogP contribution is -2.55. The molecule has 0 saturated carbocycles. The van der Waals surface area contributed by atoms with Crippen molar-refractivity contribution in [2.45, 2.75) is 45.8 Å². The molecule has 6 heteroatoms. The first-order valence-electron chi connectivity index (χ1n) is 8.27. The zero-order valence-electron chi connectivity index (χ0n) is 15.0. The lowest BCUT2D eigenvalue weighted by atomic mass is 10.0. The second-order valence-electron chi connectivity index (χ2n) is 7.30. The minimum absolute atomic E-state index is 0. The highest BCUT2D eigenvalue weighted by atomic mass is 35.5. The first-order chi connectivity index (χ1) is 10.8. The first-order valence-corrected chi connectivity index (χ1v) is 8.27. The number of hydrogen-bond acceptors (Lipinski definition) is 3. The summed E-state index contributed by atoms with van der Waals surface area (Å²) in [5.74, 6) is -0.171. The molecule has 1 aromatic rings. The minimum Gasteiger partial charge on any atom is -0.332 e. The molecule has 1 amide bonds. The molecule has 0 aliphatic carbocycles. The van der Waals surface area contributed by atoms with Gasteiger partial charge in [-0.2, -0.15) is 0 Å². The summed E-state index contributed by atoms with van der Waals surface area (Å²) in [5, 5.41) is 3.34. The Morgan fingerprint density at radius 3 is 2.71 bits per heavy atom. The van der Waals surface area contributed by atoms with Crippen LogP contribution in [0.25, 0.3) is 0 Å². The van der Waals surface area contributed by atoms with E-state index in [1.54, 1.807) is 6.07 Å². The molecular weight excluding hydrogens is 329 g/mol. The maximum atomic E-state index is 13.4. The number of rotatable bonds is 4. The number of nitrogens with zero attached hydrogens (tertiary/aromatic N) is 2. The Morgan fingerprint density at radius 2 is 2.12 bits per heavy atom. The van der Waals surface area contributed by atoms with Crippen molar-refractivity contribution in [3.8, 4) is 0 Å². The van der Waals surface area contributed by atoms with Crippen LogP contribution >= 0.6 is 12.4 Å². The quantitative estimate of drug-likeness (QED) is 0.899. The number of carbonyl (C=O) groups excluding carboxylic acids is 1. The van der Waals surface area contributed by atoms with Gasteiger partial charge >= 0.3 is 0 Å². The van der Waals surface area contributed by atoms with Gasteiger partial charge in [-0.3, -0.25) is 9.69 Å². The van der Waals surface area contributed by atoms with Crippen LogP contribution in [0, 0.1) is 5.82 Å². The molecule has 1 aromatic carbocycles. The SMILES string of the molecule is C[C@H]1CNCCN1CC(=O)N(Cc1cccc(F)c1)C(C)(C)C.Cl. The van der Waals surface area contributed by atoms with Gasteiger partial charge in [0.15, 0.2) is 0 Å². The van der Waals surface area contributed by atoms with Crippen molar-refractivity contribution in [3.63, 3.8) is 0 Å². The summed E-state index contributed by atoms with van der Waals surface area (Å²) in [6.07, 6.45) is 0. The lowest BCUT2D eigenvalue weighted by molar-refractivity contribution is -0.138. The molecule has 0 radical (unpaired) electrons. The highest BCUT2D eigenvalue weighted by Crippen LogP contribution is 2.19. The topological polar surface area (TPSA) is 35.6 Å². The Hall–Kier alpha value is -1.17. The van der Waals surface area contributed by atoms with Crippen molar-refractivity contribution in [1.29, 1.82) is 0 Å². The number of halogens is 2. The average molecular weight is 358 g/mol. The summed E-state index contributed by atoms with van der Waals surface area (Å²) in [5.41, 5.74) is 0.516. The molecule has 0 bridgehead atoms. The third-order valence-corrected chi connectivity index (χ3v) is 4.32. The van der Waals surface area contributed by atoms with Crippen LogP contribution in [0.3, 0.4) is 0 Å². The number of benzene rings is 1. The number of amides is 1. The van der Waals surface area contributed by atoms with Crippen LogP contribution in [0.15, 0.2) is 24.3 Å². The Balaban J connectivity index is 0.00000288. The fourth-order valence-electron chi connectivity index (χ4n) is 2.89. The van der Waals surface area contributed by atoms with E-state index in [2.05, 4.69) is 17.1 Å². The molecule has 2 rings (SSSR count). The third-order valence-electron chi connectivity index (χ3n) is 4.32. The summed E-state index contributed by atoms with van der Waals surface area (Å²) >= 11 is 0. The molecule has 1 fully saturated rings. The standard InChI is InChI=1S/C18H28FN3O.ClH/c1-14-11-20-8-9-21(14)13-17(23)22(18(2,3)4)12-15-6-5-7-16(19)10-15;/h5-7,10,14,20H,8-9,11-13H2,1-4H3;1H/t14-;/m0./s1. The third kappa shape index (κ3) is 5.72. The van der Waals surface area contributed by atoms with Gasteiger partial charge in [0.2, 0.25) is 5.91 Å². The normalized spacial score (nSPS) is 18.8. The number of hydrogen-bond donors (Lipinski definition) is 1. The molecule has 0 spiro atoms. The predicted octanol–water partition coefficient (Wildman–Crippen LogP) is 2.67. The van der Waals surface area contributed by atoms with E-state index in [1.165, 1.54) is 12.1 Å². The van der Waals surface area contributed by atoms with E-state index in [4.69, 9.17) is 0 Å². The molecular formula is C18H29ClFN3O. The van der Waals surface area contributed by atoms with Gasteiger partial charge in [0, 0.05) is 37.8 Å². The maximum Gasteiger partial charge on any atom is 0.237 e. The zero-order chi connectivity index (χ0) is 17.0. The van der Waals surface area contributed by atoms with E-state index < -0.39 is 0 Å². The summed E-state index contributed by atoms with van der Waals surface area (Å²) < 4.78 is 13.4. The Labute approximate surface area is 150 Å². The highest BCUT2D eigenvalue weighted by molar-refractivity contribution is 5.85. The van der Waals surface area contributed by atoms with Crippen molar-refractivity contribution in [1.82, 2.24) is 15.1 Å². The van der Waals surface area contributed by atoms with E-state index in [0.29, 0.717) is 19.1 Å². The second kappa shape index (κ2) is 8.79. The van der Waals surface area contributed by atoms with Crippen LogP contribution in [0.4, 0.5) is 4.39 Å². The summed E-state index contributed by atoms with van der Waals surface area (Å²) in [7, 11) is 0. The van der Waals surface area contributed by atoms with E-state index in [0.717, 1.165) is 25.2 Å². The van der Waals surface area contributed by atoms with Crippen LogP contribution < -0.4 is 5.32 Å². The molecule has 1 atom stereocenters. The van der Waals surface area contributed by atoms with E-state index in [9.17, 15) is 9.18 Å². The molecule has 1 aliphatic heterocycles. The smallest absolute Gasteiger partial charge is 0.237 e. The molecule has 136 valence electrons. The summed E-state index contributed by atoms with van der Waals surface area (Å²) in [4.78, 5) is 16.9. The highest BCUT2D eigenvalue weighted by Gasteiger charge is 2.29. The van der Waals surface area contributed by atoms with Crippen molar-refractivity contribution in [2.75, 3.05) is 26.2 Å². The van der Waals surface area contributed by atoms with E-state index in [1.807, 2.05) is 31.7 Å². The second-order valence-corrected chi connectivity index (χ2v) is 7.30. The van der Waals surface area contributed by atoms with E-state index in [-0.39, 0.29) is 29.7 Å². The van der Waals surface area contributed by atoms with Crippen LogP contribution in [0.5, 0.6) is 0 Å². The Bertz CT molecular complexity index is 547. The monoisotopic (exact) mass is 357 g/mol. The molecule has 1 heterocycles. The molecule has 4 nitrogen and oxygen atoms in total. The lowest BCUT2D eigenvalue weighted by Gasteiger charge is -2.39. The van der Waals surface area contributed by atoms with Gasteiger partial charge in [-0.05, 0) is 45.4 Å². The van der Waals surface area contributed by atoms with Crippen LogP contribution in [0.1, 0.15) is 33.3 Å². The minimum atomic E-state index is -0.305. The van der Waals surface area contributed by atoms with Gasteiger partial charge in [-0.15, -0.1) is 12.4 Å². The fraction of sp³-hybridized carbons (Fsp3) is 0.611. The fourth-order valence-corrected chi connectivity index (χ4v) is 2.89. The molecule has 1 aliphatic rings. The van der Waals surface area contributed by atoms with Crippen molar-refractivity contribution in [2.24, 2.45) is 0 Å². The van der Waals surface area contributed by atoms with E-state index >= 15 is 0 Å². The molecule has 24 heavy (non-hydrogen) atoms. The predicted molar refractivity (Wildman–Crippen MR) is 97.9 cm³/mol. The zero-order valence-corrected chi connectivity index (χ0v) is 15.8. The first kappa shape index (κ1) is 20.9. The Kier molecular flexibility index (Phi) is 7.64. The molecule has 0 unspecified atom stereocenters. The van der Waals surface area contributed by atoms with Gasteiger partial charge in [0.05, 0.1) is 6.54 Å².